The normalized spacial score (nSPS) is 21.3. The third-order valence-electron chi connectivity index (χ3n) is 6.72. The predicted octanol–water partition coefficient (Wildman–Crippen LogP) is 2.62. The Bertz CT molecular complexity index is 1750. The van der Waals surface area contributed by atoms with Crippen molar-refractivity contribution in [1.82, 2.24) is 20.2 Å². The van der Waals surface area contributed by atoms with Gasteiger partial charge in [0.2, 0.25) is 0 Å². The number of nitrogens with two attached hydrogens (primary N) is 1. The van der Waals surface area contributed by atoms with Gasteiger partial charge < -0.3 is 25.4 Å². The number of aromatic nitrogens is 2. The Hall–Kier alpha value is -4.54. The van der Waals surface area contributed by atoms with Crippen molar-refractivity contribution >= 4 is 75.1 Å². The van der Waals surface area contributed by atoms with Gasteiger partial charge in [0.05, 0.1) is 16.8 Å². The number of hydrogen-bond donors (Lipinski definition) is 2. The van der Waals surface area contributed by atoms with Crippen LogP contribution in [-0.4, -0.2) is 68.6 Å². The molecule has 13 nitrogen and oxygen atoms in total. The van der Waals surface area contributed by atoms with Gasteiger partial charge in [0.25, 0.3) is 18.1 Å². The van der Waals surface area contributed by atoms with Crippen molar-refractivity contribution in [2.24, 2.45) is 5.16 Å². The second-order valence-corrected chi connectivity index (χ2v) is 12.2. The zero-order chi connectivity index (χ0) is 30.2. The third kappa shape index (κ3) is 5.28. The largest absolute Gasteiger partial charge is 0.417 e. The van der Waals surface area contributed by atoms with Gasteiger partial charge in [0.1, 0.15) is 29.9 Å². The molecule has 43 heavy (non-hydrogen) atoms. The number of hydrogen-bond acceptors (Lipinski definition) is 14. The Balaban J connectivity index is 1.27. The minimum atomic E-state index is -1.27. The molecule has 3 aliphatic heterocycles. The van der Waals surface area contributed by atoms with Crippen molar-refractivity contribution in [3.05, 3.63) is 79.9 Å². The SMILES string of the molecule is CON=C(C(=O)NC1C(=O)N2C(C(=O)OC3OC(=O)c4ccccc43)=C(C=Cc3scnc3C)CS[C@@H]12)c1csc(N)n1. The number of benzene rings is 1. The molecular formula is C27H22N6O7S3. The van der Waals surface area contributed by atoms with Gasteiger partial charge in [-0.1, -0.05) is 29.4 Å². The summed E-state index contributed by atoms with van der Waals surface area (Å²) in [6.45, 7) is 1.87. The van der Waals surface area contributed by atoms with E-state index in [0.717, 1.165) is 21.9 Å². The van der Waals surface area contributed by atoms with Crippen LogP contribution in [0.5, 0.6) is 0 Å². The maximum absolute atomic E-state index is 13.7. The Morgan fingerprint density at radius 3 is 2.77 bits per heavy atom. The number of amides is 2. The van der Waals surface area contributed by atoms with Crippen LogP contribution in [0.1, 0.15) is 38.5 Å². The molecule has 5 heterocycles. The number of aryl methyl sites for hydroxylation is 1. The molecular weight excluding hydrogens is 617 g/mol. The summed E-state index contributed by atoms with van der Waals surface area (Å²) in [5.41, 5.74) is 9.51. The van der Waals surface area contributed by atoms with Crippen molar-refractivity contribution in [3.63, 3.8) is 0 Å². The molecule has 0 bridgehead atoms. The lowest BCUT2D eigenvalue weighted by atomic mass is 10.0. The molecule has 0 spiro atoms. The van der Waals surface area contributed by atoms with Crippen molar-refractivity contribution in [2.45, 2.75) is 24.6 Å². The van der Waals surface area contributed by atoms with E-state index in [0.29, 0.717) is 22.5 Å². The van der Waals surface area contributed by atoms with Crippen LogP contribution in [0.3, 0.4) is 0 Å². The van der Waals surface area contributed by atoms with E-state index in [9.17, 15) is 19.2 Å². The fourth-order valence-corrected chi connectivity index (χ4v) is 7.22. The van der Waals surface area contributed by atoms with E-state index < -0.39 is 41.5 Å². The third-order valence-corrected chi connectivity index (χ3v) is 9.59. The molecule has 6 rings (SSSR count). The number of nitrogens with one attached hydrogen (secondary N) is 1. The fraction of sp³-hybridized carbons (Fsp3) is 0.222. The average Bonchev–Trinajstić information content (AvgIpc) is 3.71. The number of allylic oxidation sites excluding steroid dienone is 1. The molecule has 1 fully saturated rings. The van der Waals surface area contributed by atoms with Gasteiger partial charge in [-0.2, -0.15) is 0 Å². The van der Waals surface area contributed by atoms with Gasteiger partial charge in [-0.15, -0.1) is 34.4 Å². The van der Waals surface area contributed by atoms with E-state index in [2.05, 4.69) is 20.4 Å². The lowest BCUT2D eigenvalue weighted by Gasteiger charge is -2.49. The minimum Gasteiger partial charge on any atom is -0.417 e. The van der Waals surface area contributed by atoms with Crippen LogP contribution in [0.4, 0.5) is 5.13 Å². The van der Waals surface area contributed by atoms with E-state index in [1.807, 2.05) is 13.0 Å². The number of anilines is 1. The first-order valence-corrected chi connectivity index (χ1v) is 15.5. The monoisotopic (exact) mass is 638 g/mol. The molecule has 3 atom stereocenters. The van der Waals surface area contributed by atoms with E-state index >= 15 is 0 Å². The number of β-lactam (4-membered cyclic amide) rings is 1. The zero-order valence-electron chi connectivity index (χ0n) is 22.5. The second-order valence-electron chi connectivity index (χ2n) is 9.29. The van der Waals surface area contributed by atoms with Gasteiger partial charge in [-0.05, 0) is 24.6 Å². The fourth-order valence-electron chi connectivity index (χ4n) is 4.66. The number of carbonyl (C=O) groups excluding carboxylic acids is 4. The maximum atomic E-state index is 13.7. The van der Waals surface area contributed by atoms with E-state index in [4.69, 9.17) is 20.0 Å². The first-order chi connectivity index (χ1) is 20.8. The Kier molecular flexibility index (Phi) is 7.72. The molecule has 16 heteroatoms. The van der Waals surface area contributed by atoms with Crippen molar-refractivity contribution in [1.29, 1.82) is 0 Å². The molecule has 2 aromatic heterocycles. The van der Waals surface area contributed by atoms with Crippen LogP contribution < -0.4 is 11.1 Å². The highest BCUT2D eigenvalue weighted by atomic mass is 32.2. The first-order valence-electron chi connectivity index (χ1n) is 12.7. The summed E-state index contributed by atoms with van der Waals surface area (Å²) in [4.78, 5) is 68.0. The van der Waals surface area contributed by atoms with Gasteiger partial charge in [0, 0.05) is 21.6 Å². The summed E-state index contributed by atoms with van der Waals surface area (Å²) in [5, 5.41) is 7.60. The van der Waals surface area contributed by atoms with Crippen LogP contribution in [0, 0.1) is 6.92 Å². The molecule has 3 aromatic rings. The molecule has 0 saturated carbocycles. The number of rotatable bonds is 8. The van der Waals surface area contributed by atoms with E-state index in [1.165, 1.54) is 35.1 Å². The summed E-state index contributed by atoms with van der Waals surface area (Å²) >= 11 is 3.92. The van der Waals surface area contributed by atoms with Crippen LogP contribution in [0.25, 0.3) is 6.08 Å². The number of ether oxygens (including phenoxy) is 2. The molecule has 3 N–H and O–H groups in total. The Labute approximate surface area is 256 Å². The lowest BCUT2D eigenvalue weighted by Crippen LogP contribution is -2.71. The van der Waals surface area contributed by atoms with Crippen molar-refractivity contribution in [3.8, 4) is 0 Å². The predicted molar refractivity (Wildman–Crippen MR) is 159 cm³/mol. The number of esters is 2. The zero-order valence-corrected chi connectivity index (χ0v) is 25.0. The molecule has 0 aliphatic carbocycles. The smallest absolute Gasteiger partial charge is 0.358 e. The number of carbonyl (C=O) groups is 4. The Morgan fingerprint density at radius 2 is 2.05 bits per heavy atom. The number of thioether (sulfide) groups is 1. The lowest BCUT2D eigenvalue weighted by molar-refractivity contribution is -0.168. The van der Waals surface area contributed by atoms with Gasteiger partial charge in [-0.25, -0.2) is 19.6 Å². The minimum absolute atomic E-state index is 0.00356. The van der Waals surface area contributed by atoms with E-state index in [-0.39, 0.29) is 22.2 Å². The molecule has 1 saturated heterocycles. The standard InChI is InChI=1S/C27H22N6O7S3/c1-12-17(43-11-29-12)8-7-13-9-41-23-19(31-21(34)18(32-38-2)16-10-42-27(28)30-16)22(35)33(23)20(13)25(37)40-26-15-6-4-3-5-14(15)24(36)39-26/h3-8,10-11,19,23,26H,9H2,1-2H3,(H2,28,30)(H,31,34)/t19?,23-,26?/m0/s1. The molecule has 2 unspecified atom stereocenters. The summed E-state index contributed by atoms with van der Waals surface area (Å²) < 4.78 is 11.0. The van der Waals surface area contributed by atoms with E-state index in [1.54, 1.807) is 41.2 Å². The van der Waals surface area contributed by atoms with Crippen LogP contribution >= 0.6 is 34.4 Å². The maximum Gasteiger partial charge on any atom is 0.358 e. The highest BCUT2D eigenvalue weighted by Gasteiger charge is 2.55. The molecule has 220 valence electrons. The van der Waals surface area contributed by atoms with Crippen molar-refractivity contribution < 1.29 is 33.5 Å². The summed E-state index contributed by atoms with van der Waals surface area (Å²) in [6, 6.07) is 5.62. The van der Waals surface area contributed by atoms with Crippen molar-refractivity contribution in [2.75, 3.05) is 18.6 Å². The Morgan fingerprint density at radius 1 is 1.23 bits per heavy atom. The number of oxime groups is 1. The quantitative estimate of drug-likeness (QED) is 0.161. The number of thiazole rings is 2. The highest BCUT2D eigenvalue weighted by Crippen LogP contribution is 2.42. The summed E-state index contributed by atoms with van der Waals surface area (Å²) in [6.07, 6.45) is 2.29. The second kappa shape index (κ2) is 11.6. The molecule has 1 aromatic carbocycles. The molecule has 3 aliphatic rings. The van der Waals surface area contributed by atoms with Crippen LogP contribution in [0.15, 0.2) is 57.7 Å². The first kappa shape index (κ1) is 28.6. The average molecular weight is 639 g/mol. The summed E-state index contributed by atoms with van der Waals surface area (Å²) in [7, 11) is 1.28. The summed E-state index contributed by atoms with van der Waals surface area (Å²) in [5.74, 6) is -2.37. The number of fused-ring (bicyclic) bond motifs is 2. The van der Waals surface area contributed by atoms with Crippen LogP contribution in [-0.2, 0) is 28.7 Å². The molecule has 0 radical (unpaired) electrons. The topological polar surface area (TPSA) is 175 Å². The highest BCUT2D eigenvalue weighted by molar-refractivity contribution is 8.00. The van der Waals surface area contributed by atoms with Crippen LogP contribution in [0.2, 0.25) is 0 Å². The van der Waals surface area contributed by atoms with Gasteiger partial charge in [0.15, 0.2) is 10.8 Å². The van der Waals surface area contributed by atoms with Gasteiger partial charge in [-0.3, -0.25) is 14.5 Å². The molecule has 2 amide bonds. The number of nitrogens with zero attached hydrogens (tertiary/aromatic N) is 4. The number of nitrogen functional groups attached to an aromatic ring is 1. The van der Waals surface area contributed by atoms with Gasteiger partial charge >= 0.3 is 11.9 Å². The number of cyclic esters (lactones) is 1.